The van der Waals surface area contributed by atoms with Crippen molar-refractivity contribution in [1.29, 1.82) is 0 Å². The molecule has 0 unspecified atom stereocenters. The molecule has 0 spiro atoms. The van der Waals surface area contributed by atoms with E-state index in [0.717, 1.165) is 63.8 Å². The maximum atomic E-state index is 5.53. The summed E-state index contributed by atoms with van der Waals surface area (Å²) < 4.78 is 7.60. The molecule has 1 aromatic heterocycles. The second-order valence-electron chi connectivity index (χ2n) is 7.09. The number of nitrogens with one attached hydrogen (secondary N) is 2. The molecule has 1 aromatic rings. The maximum Gasteiger partial charge on any atom is 0.191 e. The van der Waals surface area contributed by atoms with Crippen molar-refractivity contribution >= 4 is 5.96 Å². The van der Waals surface area contributed by atoms with Gasteiger partial charge in [0.15, 0.2) is 5.96 Å². The molecule has 0 aromatic carbocycles. The highest BCUT2D eigenvalue weighted by atomic mass is 16.5. The van der Waals surface area contributed by atoms with Gasteiger partial charge in [-0.15, -0.1) is 0 Å². The SMILES string of the molecule is CN=C(NCCCn1nc(C)cc1C)NCC1(N(C)C)CCOCC1. The van der Waals surface area contributed by atoms with E-state index in [2.05, 4.69) is 57.4 Å². The van der Waals surface area contributed by atoms with Gasteiger partial charge in [0, 0.05) is 51.1 Å². The molecule has 25 heavy (non-hydrogen) atoms. The fourth-order valence-electron chi connectivity index (χ4n) is 3.34. The van der Waals surface area contributed by atoms with Crippen LogP contribution < -0.4 is 10.6 Å². The molecule has 0 amide bonds. The summed E-state index contributed by atoms with van der Waals surface area (Å²) in [6, 6.07) is 2.11. The van der Waals surface area contributed by atoms with Gasteiger partial charge in [0.05, 0.1) is 5.69 Å². The van der Waals surface area contributed by atoms with E-state index in [-0.39, 0.29) is 5.54 Å². The topological polar surface area (TPSA) is 66.7 Å². The molecule has 7 nitrogen and oxygen atoms in total. The Bertz CT molecular complexity index is 560. The van der Waals surface area contributed by atoms with Crippen LogP contribution in [0.25, 0.3) is 0 Å². The summed E-state index contributed by atoms with van der Waals surface area (Å²) in [5, 5.41) is 11.4. The standard InChI is InChI=1S/C18H34N6O/c1-15-13-16(2)24(22-15)10-6-9-20-17(19-3)21-14-18(23(4)5)7-11-25-12-8-18/h13H,6-12,14H2,1-5H3,(H2,19,20,21). The number of rotatable bonds is 7. The van der Waals surface area contributed by atoms with Crippen molar-refractivity contribution in [3.05, 3.63) is 17.5 Å². The highest BCUT2D eigenvalue weighted by Gasteiger charge is 2.34. The lowest BCUT2D eigenvalue weighted by Gasteiger charge is -2.43. The van der Waals surface area contributed by atoms with Crippen LogP contribution in [0.3, 0.4) is 0 Å². The molecule has 0 saturated carbocycles. The van der Waals surface area contributed by atoms with Gasteiger partial charge >= 0.3 is 0 Å². The average molecular weight is 351 g/mol. The van der Waals surface area contributed by atoms with E-state index in [9.17, 15) is 0 Å². The predicted molar refractivity (Wildman–Crippen MR) is 102 cm³/mol. The minimum Gasteiger partial charge on any atom is -0.381 e. The first kappa shape index (κ1) is 19.7. The molecule has 0 aliphatic carbocycles. The van der Waals surface area contributed by atoms with Crippen molar-refractivity contribution in [2.24, 2.45) is 4.99 Å². The molecule has 2 heterocycles. The van der Waals surface area contributed by atoms with Gasteiger partial charge in [-0.1, -0.05) is 0 Å². The highest BCUT2D eigenvalue weighted by molar-refractivity contribution is 5.79. The van der Waals surface area contributed by atoms with Gasteiger partial charge in [-0.25, -0.2) is 0 Å². The summed E-state index contributed by atoms with van der Waals surface area (Å²) in [4.78, 5) is 6.67. The van der Waals surface area contributed by atoms with Crippen LogP contribution in [0, 0.1) is 13.8 Å². The molecular formula is C18H34N6O. The quantitative estimate of drug-likeness (QED) is 0.439. The van der Waals surface area contributed by atoms with Gasteiger partial charge in [-0.05, 0) is 53.3 Å². The first-order chi connectivity index (χ1) is 12.0. The lowest BCUT2D eigenvalue weighted by molar-refractivity contribution is -0.00501. The number of hydrogen-bond donors (Lipinski definition) is 2. The smallest absolute Gasteiger partial charge is 0.191 e. The Balaban J connectivity index is 1.75. The number of aromatic nitrogens is 2. The van der Waals surface area contributed by atoms with Crippen LogP contribution in [0.2, 0.25) is 0 Å². The van der Waals surface area contributed by atoms with E-state index < -0.39 is 0 Å². The molecule has 1 fully saturated rings. The van der Waals surface area contributed by atoms with Crippen molar-refractivity contribution in [2.75, 3.05) is 47.4 Å². The Morgan fingerprint density at radius 1 is 1.32 bits per heavy atom. The molecule has 2 rings (SSSR count). The van der Waals surface area contributed by atoms with E-state index in [1.54, 1.807) is 0 Å². The molecule has 2 N–H and O–H groups in total. The first-order valence-corrected chi connectivity index (χ1v) is 9.17. The van der Waals surface area contributed by atoms with Crippen LogP contribution in [-0.4, -0.2) is 73.6 Å². The average Bonchev–Trinajstić information content (AvgIpc) is 2.92. The fourth-order valence-corrected chi connectivity index (χ4v) is 3.34. The highest BCUT2D eigenvalue weighted by Crippen LogP contribution is 2.24. The van der Waals surface area contributed by atoms with Crippen LogP contribution in [0.15, 0.2) is 11.1 Å². The number of likely N-dealkylation sites (N-methyl/N-ethyl adjacent to an activating group) is 1. The van der Waals surface area contributed by atoms with Crippen molar-refractivity contribution < 1.29 is 4.74 Å². The third-order valence-corrected chi connectivity index (χ3v) is 5.12. The Morgan fingerprint density at radius 3 is 2.60 bits per heavy atom. The van der Waals surface area contributed by atoms with Crippen molar-refractivity contribution in [1.82, 2.24) is 25.3 Å². The zero-order valence-electron chi connectivity index (χ0n) is 16.4. The lowest BCUT2D eigenvalue weighted by atomic mass is 9.88. The van der Waals surface area contributed by atoms with E-state index in [1.165, 1.54) is 5.69 Å². The summed E-state index contributed by atoms with van der Waals surface area (Å²) in [6.45, 7) is 8.45. The summed E-state index contributed by atoms with van der Waals surface area (Å²) in [5.41, 5.74) is 2.43. The zero-order chi connectivity index (χ0) is 18.3. The summed E-state index contributed by atoms with van der Waals surface area (Å²) in [7, 11) is 6.12. The minimum absolute atomic E-state index is 0.138. The molecule has 0 atom stereocenters. The number of ether oxygens (including phenoxy) is 1. The molecule has 142 valence electrons. The summed E-state index contributed by atoms with van der Waals surface area (Å²) >= 11 is 0. The molecule has 1 aliphatic rings. The van der Waals surface area contributed by atoms with Crippen LogP contribution in [0.5, 0.6) is 0 Å². The van der Waals surface area contributed by atoms with Crippen molar-refractivity contribution in [2.45, 2.75) is 45.2 Å². The van der Waals surface area contributed by atoms with Gasteiger partial charge in [0.2, 0.25) is 0 Å². The van der Waals surface area contributed by atoms with Gasteiger partial charge in [-0.3, -0.25) is 9.67 Å². The minimum atomic E-state index is 0.138. The number of nitrogens with zero attached hydrogens (tertiary/aromatic N) is 4. The fraction of sp³-hybridized carbons (Fsp3) is 0.778. The van der Waals surface area contributed by atoms with Gasteiger partial charge in [-0.2, -0.15) is 5.10 Å². The molecule has 7 heteroatoms. The second-order valence-corrected chi connectivity index (χ2v) is 7.09. The largest absolute Gasteiger partial charge is 0.381 e. The van der Waals surface area contributed by atoms with Crippen LogP contribution >= 0.6 is 0 Å². The van der Waals surface area contributed by atoms with Crippen molar-refractivity contribution in [3.8, 4) is 0 Å². The number of aryl methyl sites for hydroxylation is 3. The predicted octanol–water partition coefficient (Wildman–Crippen LogP) is 1.17. The number of aliphatic imine (C=N–C) groups is 1. The summed E-state index contributed by atoms with van der Waals surface area (Å²) in [6.07, 6.45) is 3.10. The number of guanidine groups is 1. The monoisotopic (exact) mass is 350 g/mol. The zero-order valence-corrected chi connectivity index (χ0v) is 16.4. The molecular weight excluding hydrogens is 316 g/mol. The van der Waals surface area contributed by atoms with Crippen LogP contribution in [0.4, 0.5) is 0 Å². The normalized spacial score (nSPS) is 17.8. The Labute approximate surface area is 151 Å². The Morgan fingerprint density at radius 2 is 2.04 bits per heavy atom. The van der Waals surface area contributed by atoms with E-state index in [4.69, 9.17) is 4.74 Å². The van der Waals surface area contributed by atoms with Crippen LogP contribution in [-0.2, 0) is 11.3 Å². The third kappa shape index (κ3) is 5.44. The first-order valence-electron chi connectivity index (χ1n) is 9.17. The van der Waals surface area contributed by atoms with Gasteiger partial charge in [0.25, 0.3) is 0 Å². The van der Waals surface area contributed by atoms with E-state index in [1.807, 2.05) is 14.0 Å². The second kappa shape index (κ2) is 9.20. The lowest BCUT2D eigenvalue weighted by Crippen LogP contribution is -2.57. The van der Waals surface area contributed by atoms with Gasteiger partial charge in [0.1, 0.15) is 0 Å². The molecule has 1 aliphatic heterocycles. The van der Waals surface area contributed by atoms with Crippen LogP contribution in [0.1, 0.15) is 30.7 Å². The Hall–Kier alpha value is -1.60. The van der Waals surface area contributed by atoms with E-state index in [0.29, 0.717) is 0 Å². The third-order valence-electron chi connectivity index (χ3n) is 5.12. The Kier molecular flexibility index (Phi) is 7.25. The molecule has 0 bridgehead atoms. The molecule has 1 saturated heterocycles. The maximum absolute atomic E-state index is 5.53. The summed E-state index contributed by atoms with van der Waals surface area (Å²) in [5.74, 6) is 0.862. The van der Waals surface area contributed by atoms with Crippen molar-refractivity contribution in [3.63, 3.8) is 0 Å². The molecule has 0 radical (unpaired) electrons. The van der Waals surface area contributed by atoms with Gasteiger partial charge < -0.3 is 20.3 Å². The number of hydrogen-bond acceptors (Lipinski definition) is 4. The van der Waals surface area contributed by atoms with E-state index >= 15 is 0 Å².